The van der Waals surface area contributed by atoms with Crippen LogP contribution < -0.4 is 0 Å². The fraction of sp³-hybridized carbons (Fsp3) is 0. The fourth-order valence-corrected chi connectivity index (χ4v) is 0.803. The van der Waals surface area contributed by atoms with Crippen LogP contribution in [0.1, 0.15) is 0 Å². The predicted octanol–water partition coefficient (Wildman–Crippen LogP) is -0.724. The van der Waals surface area contributed by atoms with Crippen molar-refractivity contribution in [1.82, 2.24) is 9.97 Å². The molecule has 0 spiro atoms. The molecule has 1 rings (SSSR count). The molecule has 0 aliphatic heterocycles. The third kappa shape index (κ3) is 2.39. The van der Waals surface area contributed by atoms with E-state index in [2.05, 4.69) is 9.97 Å². The Bertz CT molecular complexity index is 279. The van der Waals surface area contributed by atoms with Crippen molar-refractivity contribution in [2.45, 2.75) is 5.16 Å². The first kappa shape index (κ1) is 10.1. The van der Waals surface area contributed by atoms with Crippen LogP contribution in [0.25, 0.3) is 0 Å². The zero-order chi connectivity index (χ0) is 6.91. The van der Waals surface area contributed by atoms with Crippen molar-refractivity contribution >= 4 is 39.7 Å². The number of hydrogen-bond acceptors (Lipinski definition) is 3. The van der Waals surface area contributed by atoms with Gasteiger partial charge in [0.2, 0.25) is 0 Å². The van der Waals surface area contributed by atoms with Gasteiger partial charge in [0.25, 0.3) is 5.16 Å². The maximum absolute atomic E-state index is 10.2. The van der Waals surface area contributed by atoms with Gasteiger partial charge in [0, 0.05) is 42.0 Å². The molecule has 5 nitrogen and oxygen atoms in total. The van der Waals surface area contributed by atoms with Crippen LogP contribution in [0.5, 0.6) is 0 Å². The van der Waals surface area contributed by atoms with Gasteiger partial charge < -0.3 is 4.98 Å². The molecule has 0 saturated carbocycles. The number of H-pyrrole nitrogens is 1. The molecule has 7 heteroatoms. The molecule has 1 aromatic rings. The van der Waals surface area contributed by atoms with Crippen molar-refractivity contribution in [3.63, 3.8) is 0 Å². The molecule has 0 aromatic carbocycles. The smallest absolute Gasteiger partial charge is 0.328 e. The summed E-state index contributed by atoms with van der Waals surface area (Å²) < 4.78 is 28.6. The van der Waals surface area contributed by atoms with E-state index in [1.807, 2.05) is 0 Å². The summed E-state index contributed by atoms with van der Waals surface area (Å²) in [5.74, 6) is 0. The summed E-state index contributed by atoms with van der Waals surface area (Å²) in [5, 5.41) is -0.428. The van der Waals surface area contributed by atoms with Gasteiger partial charge in [-0.3, -0.25) is 4.55 Å². The van der Waals surface area contributed by atoms with Crippen LogP contribution in [-0.4, -0.2) is 52.5 Å². The Hall–Kier alpha value is 0.120. The molecule has 2 N–H and O–H groups in total. The minimum Gasteiger partial charge on any atom is -0.334 e. The van der Waals surface area contributed by atoms with E-state index in [9.17, 15) is 8.42 Å². The summed E-state index contributed by atoms with van der Waals surface area (Å²) in [6, 6.07) is 0. The molecule has 0 aliphatic carbocycles. The maximum Gasteiger partial charge on any atom is 0.328 e. The number of rotatable bonds is 1. The standard InChI is InChI=1S/C3H4N2O3S.Na/c6-9(7,8)3-4-1-2-5-3;/h1-2H,(H,4,5)(H,6,7,8);. The Morgan fingerprint density at radius 3 is 2.40 bits per heavy atom. The summed E-state index contributed by atoms with van der Waals surface area (Å²) in [7, 11) is -4.13. The molecule has 1 radical (unpaired) electrons. The van der Waals surface area contributed by atoms with Gasteiger partial charge in [-0.25, -0.2) is 4.98 Å². The molecular weight excluding hydrogens is 167 g/mol. The summed E-state index contributed by atoms with van der Waals surface area (Å²) in [6.45, 7) is 0. The number of nitrogens with zero attached hydrogens (tertiary/aromatic N) is 1. The van der Waals surface area contributed by atoms with Crippen LogP contribution in [-0.2, 0) is 10.1 Å². The second kappa shape index (κ2) is 3.49. The van der Waals surface area contributed by atoms with E-state index in [0.29, 0.717) is 0 Å². The van der Waals surface area contributed by atoms with Crippen LogP contribution in [0, 0.1) is 0 Å². The third-order valence-corrected chi connectivity index (χ3v) is 1.43. The predicted molar refractivity (Wildman–Crippen MR) is 34.2 cm³/mol. The first-order chi connectivity index (χ1) is 4.11. The van der Waals surface area contributed by atoms with E-state index in [-0.39, 0.29) is 29.6 Å². The van der Waals surface area contributed by atoms with Crippen LogP contribution >= 0.6 is 0 Å². The number of hydrogen-bond donors (Lipinski definition) is 2. The Labute approximate surface area is 79.9 Å². The van der Waals surface area contributed by atoms with Crippen molar-refractivity contribution in [3.8, 4) is 0 Å². The summed E-state index contributed by atoms with van der Waals surface area (Å²) in [4.78, 5) is 5.52. The van der Waals surface area contributed by atoms with Crippen molar-refractivity contribution in [2.24, 2.45) is 0 Å². The van der Waals surface area contributed by atoms with Gasteiger partial charge in [-0.05, 0) is 0 Å². The van der Waals surface area contributed by atoms with Gasteiger partial charge in [0.1, 0.15) is 0 Å². The topological polar surface area (TPSA) is 83.1 Å². The Balaban J connectivity index is 0.000000810. The Morgan fingerprint density at radius 1 is 1.60 bits per heavy atom. The normalized spacial score (nSPS) is 10.5. The van der Waals surface area contributed by atoms with Crippen LogP contribution in [0.4, 0.5) is 0 Å². The van der Waals surface area contributed by atoms with Crippen molar-refractivity contribution in [1.29, 1.82) is 0 Å². The van der Waals surface area contributed by atoms with E-state index in [1.54, 1.807) is 0 Å². The van der Waals surface area contributed by atoms with Gasteiger partial charge >= 0.3 is 10.1 Å². The number of aromatic nitrogens is 2. The molecular formula is C3H4N2NaO3S. The third-order valence-electron chi connectivity index (χ3n) is 0.717. The molecule has 1 heterocycles. The Morgan fingerprint density at radius 2 is 2.20 bits per heavy atom. The van der Waals surface area contributed by atoms with Gasteiger partial charge in [0.05, 0.1) is 0 Å². The Kier molecular flexibility index (Phi) is 3.54. The second-order valence-corrected chi connectivity index (χ2v) is 2.71. The minimum atomic E-state index is -4.13. The molecule has 0 atom stereocenters. The minimum absolute atomic E-state index is 0. The molecule has 0 unspecified atom stereocenters. The molecule has 1 aromatic heterocycles. The van der Waals surface area contributed by atoms with E-state index in [1.165, 1.54) is 12.4 Å². The second-order valence-electron chi connectivity index (χ2n) is 1.37. The fourth-order valence-electron chi connectivity index (χ4n) is 0.392. The number of nitrogens with one attached hydrogen (secondary N) is 1. The molecule has 0 fully saturated rings. The van der Waals surface area contributed by atoms with E-state index >= 15 is 0 Å². The average molecular weight is 171 g/mol. The molecule has 0 bridgehead atoms. The quantitative estimate of drug-likeness (QED) is 0.431. The number of aromatic amines is 1. The maximum atomic E-state index is 10.2. The van der Waals surface area contributed by atoms with Crippen LogP contribution in [0.3, 0.4) is 0 Å². The SMILES string of the molecule is O=S(=O)(O)c1ncc[nH]1.[Na]. The van der Waals surface area contributed by atoms with Gasteiger partial charge in [-0.15, -0.1) is 0 Å². The van der Waals surface area contributed by atoms with Gasteiger partial charge in [-0.1, -0.05) is 0 Å². The monoisotopic (exact) mass is 171 g/mol. The van der Waals surface area contributed by atoms with Crippen LogP contribution in [0.2, 0.25) is 0 Å². The zero-order valence-corrected chi connectivity index (χ0v) is 8.09. The molecule has 0 aliphatic rings. The largest absolute Gasteiger partial charge is 0.334 e. The van der Waals surface area contributed by atoms with E-state index in [4.69, 9.17) is 4.55 Å². The summed E-state index contributed by atoms with van der Waals surface area (Å²) in [6.07, 6.45) is 2.55. The molecule has 0 saturated heterocycles. The van der Waals surface area contributed by atoms with Crippen LogP contribution in [0.15, 0.2) is 17.6 Å². The van der Waals surface area contributed by atoms with Crippen molar-refractivity contribution in [2.75, 3.05) is 0 Å². The number of imidazole rings is 1. The zero-order valence-electron chi connectivity index (χ0n) is 5.27. The van der Waals surface area contributed by atoms with Crippen molar-refractivity contribution < 1.29 is 13.0 Å². The van der Waals surface area contributed by atoms with E-state index < -0.39 is 15.3 Å². The average Bonchev–Trinajstić information content (AvgIpc) is 2.08. The van der Waals surface area contributed by atoms with E-state index in [0.717, 1.165) is 0 Å². The van der Waals surface area contributed by atoms with Gasteiger partial charge in [-0.2, -0.15) is 8.42 Å². The molecule has 10 heavy (non-hydrogen) atoms. The first-order valence-corrected chi connectivity index (χ1v) is 3.51. The summed E-state index contributed by atoms with van der Waals surface area (Å²) >= 11 is 0. The summed E-state index contributed by atoms with van der Waals surface area (Å²) in [5.41, 5.74) is 0. The first-order valence-electron chi connectivity index (χ1n) is 2.07. The van der Waals surface area contributed by atoms with Crippen molar-refractivity contribution in [3.05, 3.63) is 12.4 Å². The molecule has 51 valence electrons. The van der Waals surface area contributed by atoms with Gasteiger partial charge in [0.15, 0.2) is 0 Å². The molecule has 0 amide bonds.